The number of nitrogens with zero attached hydrogens (tertiary/aromatic N) is 1. The van der Waals surface area contributed by atoms with Crippen LogP contribution in [0.15, 0.2) is 24.3 Å². The summed E-state index contributed by atoms with van der Waals surface area (Å²) in [5, 5.41) is 0. The van der Waals surface area contributed by atoms with E-state index in [2.05, 4.69) is 0 Å². The maximum atomic E-state index is 12.1. The van der Waals surface area contributed by atoms with Gasteiger partial charge in [-0.3, -0.25) is 9.59 Å². The van der Waals surface area contributed by atoms with E-state index < -0.39 is 15.9 Å². The van der Waals surface area contributed by atoms with Gasteiger partial charge in [-0.1, -0.05) is 12.1 Å². The maximum Gasteiger partial charge on any atom is 0.242 e. The van der Waals surface area contributed by atoms with Crippen molar-refractivity contribution in [3.63, 3.8) is 0 Å². The fraction of sp³-hybridized carbons (Fsp3) is 0.429. The van der Waals surface area contributed by atoms with Gasteiger partial charge in [0.05, 0.1) is 17.5 Å². The summed E-state index contributed by atoms with van der Waals surface area (Å²) in [6.07, 6.45) is 0.384. The molecule has 0 N–H and O–H groups in total. The lowest BCUT2D eigenvalue weighted by Gasteiger charge is -2.28. The number of hydrogen-bond donors (Lipinski definition) is 0. The molecule has 1 unspecified atom stereocenters. The molecule has 1 aliphatic rings. The van der Waals surface area contributed by atoms with Gasteiger partial charge in [0.1, 0.15) is 5.88 Å². The number of halogens is 1. The molecule has 114 valence electrons. The second-order valence-corrected chi connectivity index (χ2v) is 7.56. The molecule has 0 saturated carbocycles. The Bertz CT molecular complexity index is 671. The van der Waals surface area contributed by atoms with Crippen LogP contribution < -0.4 is 4.90 Å². The number of alkyl halides is 1. The van der Waals surface area contributed by atoms with Crippen molar-refractivity contribution in [1.29, 1.82) is 0 Å². The predicted octanol–water partition coefficient (Wildman–Crippen LogP) is 1.65. The molecule has 7 heteroatoms. The summed E-state index contributed by atoms with van der Waals surface area (Å²) >= 11 is 5.64. The van der Waals surface area contributed by atoms with E-state index in [0.717, 1.165) is 0 Å². The van der Waals surface area contributed by atoms with Crippen LogP contribution in [0.2, 0.25) is 0 Å². The number of anilines is 1. The normalized spacial score (nSPS) is 20.2. The van der Waals surface area contributed by atoms with Gasteiger partial charge >= 0.3 is 0 Å². The van der Waals surface area contributed by atoms with E-state index in [1.165, 1.54) is 11.8 Å². The highest BCUT2D eigenvalue weighted by Crippen LogP contribution is 2.26. The number of sulfone groups is 1. The van der Waals surface area contributed by atoms with Crippen molar-refractivity contribution in [3.8, 4) is 0 Å². The Morgan fingerprint density at radius 2 is 2.10 bits per heavy atom. The highest BCUT2D eigenvalue weighted by Gasteiger charge is 2.35. The van der Waals surface area contributed by atoms with Crippen LogP contribution in [0, 0.1) is 0 Å². The summed E-state index contributed by atoms with van der Waals surface area (Å²) in [7, 11) is -3.12. The molecule has 1 amide bonds. The molecule has 1 aromatic rings. The molecule has 1 fully saturated rings. The zero-order valence-electron chi connectivity index (χ0n) is 11.6. The van der Waals surface area contributed by atoms with Crippen LogP contribution in [-0.2, 0) is 14.6 Å². The topological polar surface area (TPSA) is 71.5 Å². The lowest BCUT2D eigenvalue weighted by atomic mass is 10.1. The van der Waals surface area contributed by atoms with Crippen molar-refractivity contribution in [2.45, 2.75) is 19.4 Å². The average molecular weight is 330 g/mol. The van der Waals surface area contributed by atoms with Crippen LogP contribution in [0.4, 0.5) is 5.69 Å². The van der Waals surface area contributed by atoms with Crippen molar-refractivity contribution in [3.05, 3.63) is 29.8 Å². The zero-order chi connectivity index (χ0) is 15.6. The molecule has 0 aromatic heterocycles. The SMILES string of the molecule is CC(=O)c1cccc(N(C(=O)CCl)C2CCS(=O)(=O)C2)c1. The Morgan fingerprint density at radius 1 is 1.38 bits per heavy atom. The third kappa shape index (κ3) is 3.63. The summed E-state index contributed by atoms with van der Waals surface area (Å²) < 4.78 is 23.3. The van der Waals surface area contributed by atoms with E-state index >= 15 is 0 Å². The molecular formula is C14H16ClNO4S. The quantitative estimate of drug-likeness (QED) is 0.622. The molecule has 0 radical (unpaired) electrons. The van der Waals surface area contributed by atoms with Gasteiger partial charge in [-0.15, -0.1) is 11.6 Å². The molecule has 0 aliphatic carbocycles. The standard InChI is InChI=1S/C14H16ClNO4S/c1-10(17)11-3-2-4-12(7-11)16(14(18)8-15)13-5-6-21(19,20)9-13/h2-4,7,13H,5-6,8-9H2,1H3. The van der Waals surface area contributed by atoms with Crippen LogP contribution in [-0.4, -0.2) is 43.5 Å². The van der Waals surface area contributed by atoms with E-state index in [1.807, 2.05) is 0 Å². The van der Waals surface area contributed by atoms with Gasteiger partial charge in [-0.05, 0) is 25.5 Å². The van der Waals surface area contributed by atoms with Gasteiger partial charge in [-0.25, -0.2) is 8.42 Å². The monoisotopic (exact) mass is 329 g/mol. The first kappa shape index (κ1) is 16.0. The molecule has 1 saturated heterocycles. The largest absolute Gasteiger partial charge is 0.307 e. The molecular weight excluding hydrogens is 314 g/mol. The van der Waals surface area contributed by atoms with Crippen molar-refractivity contribution in [2.75, 3.05) is 22.3 Å². The molecule has 5 nitrogen and oxygen atoms in total. The number of carbonyl (C=O) groups is 2. The molecule has 21 heavy (non-hydrogen) atoms. The number of ketones is 1. The van der Waals surface area contributed by atoms with Gasteiger partial charge in [0, 0.05) is 11.3 Å². The Balaban J connectivity index is 2.39. The number of amides is 1. The van der Waals surface area contributed by atoms with Crippen LogP contribution in [0.3, 0.4) is 0 Å². The first-order chi connectivity index (χ1) is 9.84. The second-order valence-electron chi connectivity index (χ2n) is 5.06. The minimum absolute atomic E-state index is 0.0656. The second kappa shape index (κ2) is 6.15. The number of benzene rings is 1. The smallest absolute Gasteiger partial charge is 0.242 e. The summed E-state index contributed by atoms with van der Waals surface area (Å²) in [6.45, 7) is 1.44. The van der Waals surface area contributed by atoms with E-state index in [4.69, 9.17) is 11.6 Å². The average Bonchev–Trinajstić information content (AvgIpc) is 2.79. The predicted molar refractivity (Wildman–Crippen MR) is 81.7 cm³/mol. The number of rotatable bonds is 4. The van der Waals surface area contributed by atoms with Crippen LogP contribution in [0.1, 0.15) is 23.7 Å². The number of hydrogen-bond acceptors (Lipinski definition) is 4. The molecule has 0 bridgehead atoms. The fourth-order valence-electron chi connectivity index (χ4n) is 2.48. The van der Waals surface area contributed by atoms with Gasteiger partial charge in [0.25, 0.3) is 0 Å². The van der Waals surface area contributed by atoms with E-state index in [1.54, 1.807) is 24.3 Å². The fourth-order valence-corrected chi connectivity index (χ4v) is 4.31. The first-order valence-corrected chi connectivity index (χ1v) is 8.89. The maximum absolute atomic E-state index is 12.1. The van der Waals surface area contributed by atoms with Crippen molar-refractivity contribution in [1.82, 2.24) is 0 Å². The Labute approximate surface area is 128 Å². The Kier molecular flexibility index (Phi) is 4.68. The van der Waals surface area contributed by atoms with Gasteiger partial charge in [0.2, 0.25) is 5.91 Å². The van der Waals surface area contributed by atoms with Crippen LogP contribution in [0.25, 0.3) is 0 Å². The molecule has 0 spiro atoms. The first-order valence-electron chi connectivity index (χ1n) is 6.53. The summed E-state index contributed by atoms with van der Waals surface area (Å²) in [5.74, 6) is -0.717. The van der Waals surface area contributed by atoms with Gasteiger partial charge < -0.3 is 4.90 Å². The summed E-state index contributed by atoms with van der Waals surface area (Å²) in [6, 6.07) is 6.17. The zero-order valence-corrected chi connectivity index (χ0v) is 13.2. The van der Waals surface area contributed by atoms with E-state index in [-0.39, 0.29) is 29.1 Å². The van der Waals surface area contributed by atoms with E-state index in [0.29, 0.717) is 17.7 Å². The third-order valence-electron chi connectivity index (χ3n) is 3.49. The number of carbonyl (C=O) groups excluding carboxylic acids is 2. The molecule has 1 aliphatic heterocycles. The van der Waals surface area contributed by atoms with E-state index in [9.17, 15) is 18.0 Å². The highest BCUT2D eigenvalue weighted by molar-refractivity contribution is 7.91. The van der Waals surface area contributed by atoms with Gasteiger partial charge in [0.15, 0.2) is 15.6 Å². The van der Waals surface area contributed by atoms with Crippen molar-refractivity contribution >= 4 is 38.8 Å². The third-order valence-corrected chi connectivity index (χ3v) is 5.47. The molecule has 1 heterocycles. The van der Waals surface area contributed by atoms with Crippen LogP contribution >= 0.6 is 11.6 Å². The lowest BCUT2D eigenvalue weighted by Crippen LogP contribution is -2.42. The van der Waals surface area contributed by atoms with Crippen molar-refractivity contribution < 1.29 is 18.0 Å². The molecule has 1 aromatic carbocycles. The molecule has 1 atom stereocenters. The minimum atomic E-state index is -3.12. The van der Waals surface area contributed by atoms with Crippen molar-refractivity contribution in [2.24, 2.45) is 0 Å². The molecule has 2 rings (SSSR count). The highest BCUT2D eigenvalue weighted by atomic mass is 35.5. The Hall–Kier alpha value is -1.40. The number of Topliss-reactive ketones (excluding diaryl/α,β-unsaturated/α-hetero) is 1. The lowest BCUT2D eigenvalue weighted by molar-refractivity contribution is -0.116. The van der Waals surface area contributed by atoms with Gasteiger partial charge in [-0.2, -0.15) is 0 Å². The minimum Gasteiger partial charge on any atom is -0.307 e. The Morgan fingerprint density at radius 3 is 2.62 bits per heavy atom. The summed E-state index contributed by atoms with van der Waals surface area (Å²) in [4.78, 5) is 25.0. The van der Waals surface area contributed by atoms with Crippen LogP contribution in [0.5, 0.6) is 0 Å². The summed E-state index contributed by atoms with van der Waals surface area (Å²) in [5.41, 5.74) is 0.983.